The third-order valence-electron chi connectivity index (χ3n) is 3.37. The number of benzene rings is 2. The van der Waals surface area contributed by atoms with Gasteiger partial charge in [-0.1, -0.05) is 18.2 Å². The van der Waals surface area contributed by atoms with E-state index in [0.717, 1.165) is 5.69 Å². The van der Waals surface area contributed by atoms with Crippen molar-refractivity contribution in [3.05, 3.63) is 48.5 Å². The van der Waals surface area contributed by atoms with E-state index >= 15 is 0 Å². The molecule has 2 aromatic rings. The second-order valence-electron chi connectivity index (χ2n) is 5.34. The number of anilines is 3. The van der Waals surface area contributed by atoms with Crippen LogP contribution in [0.1, 0.15) is 6.92 Å². The van der Waals surface area contributed by atoms with E-state index in [1.807, 2.05) is 42.3 Å². The van der Waals surface area contributed by atoms with Crippen molar-refractivity contribution in [2.24, 2.45) is 0 Å². The van der Waals surface area contributed by atoms with E-state index in [9.17, 15) is 9.59 Å². The molecule has 2 rings (SSSR count). The van der Waals surface area contributed by atoms with E-state index in [-0.39, 0.29) is 18.4 Å². The standard InChI is InChI=1S/C18H21N3O3/c1-13(22)19-14-9-10-17(24-3)16(11-14)20-18(23)12-21(2)15-7-5-4-6-8-15/h4-11H,12H2,1-3H3,(H,19,22)(H,20,23). The number of nitrogens with zero attached hydrogens (tertiary/aromatic N) is 1. The van der Waals surface area contributed by atoms with E-state index in [4.69, 9.17) is 4.74 Å². The first-order chi connectivity index (χ1) is 11.5. The van der Waals surface area contributed by atoms with Gasteiger partial charge in [-0.3, -0.25) is 9.59 Å². The minimum absolute atomic E-state index is 0.179. The summed E-state index contributed by atoms with van der Waals surface area (Å²) in [4.78, 5) is 25.3. The smallest absolute Gasteiger partial charge is 0.243 e. The average molecular weight is 327 g/mol. The highest BCUT2D eigenvalue weighted by atomic mass is 16.5. The maximum atomic E-state index is 12.3. The fourth-order valence-electron chi connectivity index (χ4n) is 2.27. The Balaban J connectivity index is 2.08. The Kier molecular flexibility index (Phi) is 5.78. The molecule has 0 aliphatic heterocycles. The molecule has 0 spiro atoms. The highest BCUT2D eigenvalue weighted by molar-refractivity contribution is 5.97. The van der Waals surface area contributed by atoms with Crippen molar-refractivity contribution in [2.75, 3.05) is 36.2 Å². The quantitative estimate of drug-likeness (QED) is 0.856. The van der Waals surface area contributed by atoms with Crippen LogP contribution < -0.4 is 20.3 Å². The zero-order valence-electron chi connectivity index (χ0n) is 14.0. The van der Waals surface area contributed by atoms with Crippen molar-refractivity contribution < 1.29 is 14.3 Å². The molecule has 24 heavy (non-hydrogen) atoms. The van der Waals surface area contributed by atoms with E-state index in [1.165, 1.54) is 14.0 Å². The maximum absolute atomic E-state index is 12.3. The van der Waals surface area contributed by atoms with Gasteiger partial charge < -0.3 is 20.3 Å². The van der Waals surface area contributed by atoms with Crippen molar-refractivity contribution in [1.82, 2.24) is 0 Å². The minimum atomic E-state index is -0.181. The predicted octanol–water partition coefficient (Wildman–Crippen LogP) is 2.73. The Bertz CT molecular complexity index is 717. The van der Waals surface area contributed by atoms with Crippen molar-refractivity contribution in [2.45, 2.75) is 6.92 Å². The molecule has 6 nitrogen and oxygen atoms in total. The van der Waals surface area contributed by atoms with E-state index in [0.29, 0.717) is 17.1 Å². The van der Waals surface area contributed by atoms with Crippen LogP contribution >= 0.6 is 0 Å². The van der Waals surface area contributed by atoms with E-state index in [1.54, 1.807) is 18.2 Å². The first-order valence-corrected chi connectivity index (χ1v) is 7.51. The molecule has 0 heterocycles. The Hall–Kier alpha value is -3.02. The summed E-state index contributed by atoms with van der Waals surface area (Å²) in [6, 6.07) is 14.7. The van der Waals surface area contributed by atoms with Crippen molar-refractivity contribution >= 4 is 28.9 Å². The summed E-state index contributed by atoms with van der Waals surface area (Å²) in [5, 5.41) is 5.50. The molecule has 2 N–H and O–H groups in total. The molecule has 0 bridgehead atoms. The van der Waals surface area contributed by atoms with Gasteiger partial charge in [0, 0.05) is 25.3 Å². The summed E-state index contributed by atoms with van der Waals surface area (Å²) in [7, 11) is 3.37. The average Bonchev–Trinajstić information content (AvgIpc) is 2.55. The maximum Gasteiger partial charge on any atom is 0.243 e. The van der Waals surface area contributed by atoms with Gasteiger partial charge >= 0.3 is 0 Å². The van der Waals surface area contributed by atoms with Gasteiger partial charge in [-0.25, -0.2) is 0 Å². The number of carbonyl (C=O) groups excluding carboxylic acids is 2. The molecule has 0 unspecified atom stereocenters. The highest BCUT2D eigenvalue weighted by Crippen LogP contribution is 2.28. The fourth-order valence-corrected chi connectivity index (χ4v) is 2.27. The van der Waals surface area contributed by atoms with Gasteiger partial charge in [-0.2, -0.15) is 0 Å². The predicted molar refractivity (Wildman–Crippen MR) is 95.6 cm³/mol. The largest absolute Gasteiger partial charge is 0.495 e. The number of carbonyl (C=O) groups is 2. The normalized spacial score (nSPS) is 9.96. The molecule has 0 aliphatic rings. The summed E-state index contributed by atoms with van der Waals surface area (Å²) in [6.07, 6.45) is 0. The molecule has 0 aromatic heterocycles. The van der Waals surface area contributed by atoms with Crippen LogP contribution in [0.25, 0.3) is 0 Å². The topological polar surface area (TPSA) is 70.7 Å². The number of para-hydroxylation sites is 1. The lowest BCUT2D eigenvalue weighted by Crippen LogP contribution is -2.30. The summed E-state index contributed by atoms with van der Waals surface area (Å²) >= 11 is 0. The van der Waals surface area contributed by atoms with Crippen LogP contribution in [0.15, 0.2) is 48.5 Å². The Morgan fingerprint density at radius 2 is 1.79 bits per heavy atom. The molecule has 0 radical (unpaired) electrons. The van der Waals surface area contributed by atoms with Crippen molar-refractivity contribution in [3.63, 3.8) is 0 Å². The van der Waals surface area contributed by atoms with Crippen LogP contribution in [0.4, 0.5) is 17.1 Å². The third kappa shape index (κ3) is 4.74. The second-order valence-corrected chi connectivity index (χ2v) is 5.34. The number of ether oxygens (including phenoxy) is 1. The Labute approximate surface area is 141 Å². The second kappa shape index (κ2) is 8.01. The third-order valence-corrected chi connectivity index (χ3v) is 3.37. The molecule has 6 heteroatoms. The van der Waals surface area contributed by atoms with Gasteiger partial charge in [0.1, 0.15) is 5.75 Å². The molecular formula is C18H21N3O3. The van der Waals surface area contributed by atoms with Crippen LogP contribution in [0.3, 0.4) is 0 Å². The van der Waals surface area contributed by atoms with Gasteiger partial charge in [0.25, 0.3) is 0 Å². The molecule has 0 fully saturated rings. The van der Waals surface area contributed by atoms with Crippen LogP contribution in [0.5, 0.6) is 5.75 Å². The number of likely N-dealkylation sites (N-methyl/N-ethyl adjacent to an activating group) is 1. The van der Waals surface area contributed by atoms with E-state index < -0.39 is 0 Å². The molecule has 2 amide bonds. The first kappa shape index (κ1) is 17.3. The van der Waals surface area contributed by atoms with Gasteiger partial charge in [0.15, 0.2) is 0 Å². The van der Waals surface area contributed by atoms with Crippen LogP contribution in [0.2, 0.25) is 0 Å². The van der Waals surface area contributed by atoms with Crippen LogP contribution in [-0.2, 0) is 9.59 Å². The molecule has 2 aromatic carbocycles. The minimum Gasteiger partial charge on any atom is -0.495 e. The monoisotopic (exact) mass is 327 g/mol. The summed E-state index contributed by atoms with van der Waals surface area (Å²) in [5.74, 6) is 0.167. The molecule has 0 saturated carbocycles. The number of hydrogen-bond acceptors (Lipinski definition) is 4. The summed E-state index contributed by atoms with van der Waals surface area (Å²) in [5.41, 5.74) is 2.05. The molecular weight excluding hydrogens is 306 g/mol. The van der Waals surface area contributed by atoms with E-state index in [2.05, 4.69) is 10.6 Å². The van der Waals surface area contributed by atoms with Crippen LogP contribution in [-0.4, -0.2) is 32.5 Å². The lowest BCUT2D eigenvalue weighted by molar-refractivity contribution is -0.115. The highest BCUT2D eigenvalue weighted by Gasteiger charge is 2.11. The molecule has 0 atom stereocenters. The lowest BCUT2D eigenvalue weighted by atomic mass is 10.2. The summed E-state index contributed by atoms with van der Waals surface area (Å²) < 4.78 is 5.25. The SMILES string of the molecule is COc1ccc(NC(C)=O)cc1NC(=O)CN(C)c1ccccc1. The number of methoxy groups -OCH3 is 1. The fraction of sp³-hybridized carbons (Fsp3) is 0.222. The van der Waals surface area contributed by atoms with Crippen molar-refractivity contribution in [3.8, 4) is 5.75 Å². The first-order valence-electron chi connectivity index (χ1n) is 7.51. The number of hydrogen-bond donors (Lipinski definition) is 2. The van der Waals surface area contributed by atoms with Gasteiger partial charge in [0.05, 0.1) is 19.3 Å². The number of nitrogens with one attached hydrogen (secondary N) is 2. The van der Waals surface area contributed by atoms with Gasteiger partial charge in [-0.05, 0) is 30.3 Å². The molecule has 0 aliphatic carbocycles. The lowest BCUT2D eigenvalue weighted by Gasteiger charge is -2.19. The number of rotatable bonds is 6. The van der Waals surface area contributed by atoms with Gasteiger partial charge in [0.2, 0.25) is 11.8 Å². The Morgan fingerprint density at radius 3 is 2.42 bits per heavy atom. The zero-order chi connectivity index (χ0) is 17.5. The zero-order valence-corrected chi connectivity index (χ0v) is 14.0. The van der Waals surface area contributed by atoms with Gasteiger partial charge in [-0.15, -0.1) is 0 Å². The summed E-state index contributed by atoms with van der Waals surface area (Å²) in [6.45, 7) is 1.62. The molecule has 126 valence electrons. The Morgan fingerprint density at radius 1 is 1.08 bits per heavy atom. The van der Waals surface area contributed by atoms with Crippen LogP contribution in [0, 0.1) is 0 Å². The molecule has 0 saturated heterocycles. The van der Waals surface area contributed by atoms with Crippen molar-refractivity contribution in [1.29, 1.82) is 0 Å². The number of amides is 2.